The van der Waals surface area contributed by atoms with Gasteiger partial charge in [-0.2, -0.15) is 4.31 Å². The summed E-state index contributed by atoms with van der Waals surface area (Å²) in [6, 6.07) is 10.6. The third kappa shape index (κ3) is 4.64. The number of carbonyl (C=O) groups excluding carboxylic acids is 2. The van der Waals surface area contributed by atoms with Crippen molar-refractivity contribution in [3.8, 4) is 0 Å². The summed E-state index contributed by atoms with van der Waals surface area (Å²) in [5.74, 6) is -1.56. The van der Waals surface area contributed by atoms with Crippen LogP contribution in [0.1, 0.15) is 19.8 Å². The first-order chi connectivity index (χ1) is 15.2. The SMILES string of the molecule is CC(=O)Nc1ccc2nc(NC(=O)C3CCN(S(=O)(=O)c4ccccc4F)CC3)sc2c1. The third-order valence-electron chi connectivity index (χ3n) is 5.22. The van der Waals surface area contributed by atoms with Gasteiger partial charge in [-0.15, -0.1) is 0 Å². The fourth-order valence-electron chi connectivity index (χ4n) is 3.62. The fraction of sp³-hybridized carbons (Fsp3) is 0.286. The first kappa shape index (κ1) is 22.3. The average Bonchev–Trinajstić information content (AvgIpc) is 3.15. The molecule has 1 aliphatic rings. The van der Waals surface area contributed by atoms with Crippen LogP contribution in [0.3, 0.4) is 0 Å². The van der Waals surface area contributed by atoms with Crippen molar-refractivity contribution in [1.82, 2.24) is 9.29 Å². The van der Waals surface area contributed by atoms with Crippen LogP contribution in [0.5, 0.6) is 0 Å². The zero-order chi connectivity index (χ0) is 22.9. The van der Waals surface area contributed by atoms with Crippen LogP contribution >= 0.6 is 11.3 Å². The number of amides is 2. The van der Waals surface area contributed by atoms with Crippen molar-refractivity contribution < 1.29 is 22.4 Å². The predicted octanol–water partition coefficient (Wildman–Crippen LogP) is 3.43. The van der Waals surface area contributed by atoms with Crippen LogP contribution in [0.15, 0.2) is 47.4 Å². The molecule has 2 heterocycles. The van der Waals surface area contributed by atoms with E-state index in [9.17, 15) is 22.4 Å². The number of rotatable bonds is 5. The van der Waals surface area contributed by atoms with Crippen LogP contribution in [0.25, 0.3) is 10.2 Å². The Morgan fingerprint density at radius 3 is 2.53 bits per heavy atom. The van der Waals surface area contributed by atoms with Crippen LogP contribution < -0.4 is 10.6 Å². The number of anilines is 2. The lowest BCUT2D eigenvalue weighted by Crippen LogP contribution is -2.41. The van der Waals surface area contributed by atoms with Gasteiger partial charge in [0.15, 0.2) is 5.13 Å². The monoisotopic (exact) mass is 476 g/mol. The summed E-state index contributed by atoms with van der Waals surface area (Å²) in [5.41, 5.74) is 1.35. The van der Waals surface area contributed by atoms with Crippen molar-refractivity contribution in [3.63, 3.8) is 0 Å². The molecule has 0 spiro atoms. The second-order valence-electron chi connectivity index (χ2n) is 7.48. The number of fused-ring (bicyclic) bond motifs is 1. The average molecular weight is 477 g/mol. The molecule has 1 fully saturated rings. The lowest BCUT2D eigenvalue weighted by Gasteiger charge is -2.30. The second-order valence-corrected chi connectivity index (χ2v) is 10.4. The summed E-state index contributed by atoms with van der Waals surface area (Å²) in [7, 11) is -3.94. The summed E-state index contributed by atoms with van der Waals surface area (Å²) in [6.07, 6.45) is 0.661. The zero-order valence-corrected chi connectivity index (χ0v) is 18.8. The highest BCUT2D eigenvalue weighted by atomic mass is 32.2. The number of hydrogen-bond acceptors (Lipinski definition) is 6. The van der Waals surface area contributed by atoms with E-state index in [0.29, 0.717) is 29.2 Å². The number of benzene rings is 2. The smallest absolute Gasteiger partial charge is 0.245 e. The van der Waals surface area contributed by atoms with Crippen LogP contribution in [0.2, 0.25) is 0 Å². The number of carbonyl (C=O) groups is 2. The molecule has 0 unspecified atom stereocenters. The molecule has 2 N–H and O–H groups in total. The molecule has 0 saturated carbocycles. The molecule has 0 bridgehead atoms. The molecule has 8 nitrogen and oxygen atoms in total. The molecule has 168 valence electrons. The summed E-state index contributed by atoms with van der Waals surface area (Å²) >= 11 is 1.29. The molecule has 11 heteroatoms. The Balaban J connectivity index is 1.39. The number of hydrogen-bond donors (Lipinski definition) is 2. The van der Waals surface area contributed by atoms with Crippen LogP contribution in [0.4, 0.5) is 15.2 Å². The Morgan fingerprint density at radius 2 is 1.84 bits per heavy atom. The first-order valence-corrected chi connectivity index (χ1v) is 12.2. The maximum atomic E-state index is 14.0. The van der Waals surface area contributed by atoms with Gasteiger partial charge in [0.2, 0.25) is 21.8 Å². The van der Waals surface area contributed by atoms with E-state index in [4.69, 9.17) is 0 Å². The number of aromatic nitrogens is 1. The van der Waals surface area contributed by atoms with Gasteiger partial charge in [0, 0.05) is 31.6 Å². The molecule has 2 aromatic carbocycles. The third-order valence-corrected chi connectivity index (χ3v) is 8.08. The summed E-state index contributed by atoms with van der Waals surface area (Å²) in [6.45, 7) is 1.69. The van der Waals surface area contributed by atoms with E-state index in [-0.39, 0.29) is 35.7 Å². The quantitative estimate of drug-likeness (QED) is 0.587. The summed E-state index contributed by atoms with van der Waals surface area (Å²) in [4.78, 5) is 28.0. The molecule has 32 heavy (non-hydrogen) atoms. The van der Waals surface area contributed by atoms with Crippen molar-refractivity contribution in [1.29, 1.82) is 0 Å². The van der Waals surface area contributed by atoms with Gasteiger partial charge in [-0.05, 0) is 43.2 Å². The van der Waals surface area contributed by atoms with E-state index in [1.54, 1.807) is 18.2 Å². The number of sulfonamides is 1. The largest absolute Gasteiger partial charge is 0.326 e. The van der Waals surface area contributed by atoms with Crippen LogP contribution in [-0.4, -0.2) is 42.6 Å². The summed E-state index contributed by atoms with van der Waals surface area (Å²) < 4.78 is 41.4. The topological polar surface area (TPSA) is 108 Å². The molecule has 0 radical (unpaired) electrons. The highest BCUT2D eigenvalue weighted by molar-refractivity contribution is 7.89. The highest BCUT2D eigenvalue weighted by Gasteiger charge is 2.33. The van der Waals surface area contributed by atoms with E-state index in [1.807, 2.05) is 0 Å². The van der Waals surface area contributed by atoms with Crippen molar-refractivity contribution in [3.05, 3.63) is 48.3 Å². The molecule has 1 aliphatic heterocycles. The Hall–Kier alpha value is -2.89. The Kier molecular flexibility index (Phi) is 6.22. The van der Waals surface area contributed by atoms with E-state index in [0.717, 1.165) is 10.8 Å². The van der Waals surface area contributed by atoms with Crippen LogP contribution in [0, 0.1) is 11.7 Å². The van der Waals surface area contributed by atoms with Crippen molar-refractivity contribution in [2.24, 2.45) is 5.92 Å². The first-order valence-electron chi connectivity index (χ1n) is 9.98. The number of thiazole rings is 1. The Labute approximate surface area is 188 Å². The maximum Gasteiger partial charge on any atom is 0.245 e. The van der Waals surface area contributed by atoms with E-state index >= 15 is 0 Å². The van der Waals surface area contributed by atoms with Crippen LogP contribution in [-0.2, 0) is 19.6 Å². The molecule has 1 saturated heterocycles. The van der Waals surface area contributed by atoms with Gasteiger partial charge >= 0.3 is 0 Å². The Bertz CT molecular complexity index is 1280. The van der Waals surface area contributed by atoms with Gasteiger partial charge in [-0.3, -0.25) is 9.59 Å². The highest BCUT2D eigenvalue weighted by Crippen LogP contribution is 2.30. The zero-order valence-electron chi connectivity index (χ0n) is 17.2. The van der Waals surface area contributed by atoms with Crippen molar-refractivity contribution >= 4 is 54.2 Å². The summed E-state index contributed by atoms with van der Waals surface area (Å²) in [5, 5.41) is 5.95. The van der Waals surface area contributed by atoms with Gasteiger partial charge in [-0.1, -0.05) is 23.5 Å². The molecule has 3 aromatic rings. The van der Waals surface area contributed by atoms with Gasteiger partial charge in [-0.25, -0.2) is 17.8 Å². The minimum atomic E-state index is -3.94. The maximum absolute atomic E-state index is 14.0. The Morgan fingerprint density at radius 1 is 1.12 bits per heavy atom. The van der Waals surface area contributed by atoms with Crippen molar-refractivity contribution in [2.75, 3.05) is 23.7 Å². The fourth-order valence-corrected chi connectivity index (χ4v) is 6.06. The molecular weight excluding hydrogens is 455 g/mol. The van der Waals surface area contributed by atoms with E-state index in [1.165, 1.54) is 40.8 Å². The lowest BCUT2D eigenvalue weighted by molar-refractivity contribution is -0.121. The number of nitrogens with zero attached hydrogens (tertiary/aromatic N) is 2. The number of nitrogens with one attached hydrogen (secondary N) is 2. The number of halogens is 1. The molecular formula is C21H21FN4O4S2. The second kappa shape index (κ2) is 8.93. The lowest BCUT2D eigenvalue weighted by atomic mass is 9.97. The molecule has 0 aliphatic carbocycles. The van der Waals surface area contributed by atoms with Gasteiger partial charge < -0.3 is 10.6 Å². The van der Waals surface area contributed by atoms with E-state index < -0.39 is 15.8 Å². The van der Waals surface area contributed by atoms with Gasteiger partial charge in [0.05, 0.1) is 10.2 Å². The molecule has 2 amide bonds. The molecule has 4 rings (SSSR count). The molecule has 1 aromatic heterocycles. The number of piperidine rings is 1. The van der Waals surface area contributed by atoms with Gasteiger partial charge in [0.1, 0.15) is 10.7 Å². The minimum absolute atomic E-state index is 0.134. The van der Waals surface area contributed by atoms with Crippen molar-refractivity contribution in [2.45, 2.75) is 24.7 Å². The predicted molar refractivity (Wildman–Crippen MR) is 120 cm³/mol. The molecule has 0 atom stereocenters. The van der Waals surface area contributed by atoms with E-state index in [2.05, 4.69) is 15.6 Å². The normalized spacial score (nSPS) is 15.6. The standard InChI is InChI=1S/C21H21FN4O4S2/c1-13(27)23-15-6-7-17-18(12-15)31-21(24-17)25-20(28)14-8-10-26(11-9-14)32(29,30)19-5-3-2-4-16(19)22/h2-7,12,14H,8-11H2,1H3,(H,23,27)(H,24,25,28). The minimum Gasteiger partial charge on any atom is -0.326 e. The van der Waals surface area contributed by atoms with Gasteiger partial charge in [0.25, 0.3) is 0 Å².